The molecule has 3 nitrogen and oxygen atoms in total. The number of para-hydroxylation sites is 2. The van der Waals surface area contributed by atoms with Gasteiger partial charge in [0.15, 0.2) is 0 Å². The summed E-state index contributed by atoms with van der Waals surface area (Å²) in [5.41, 5.74) is 6.68. The molecule has 0 aliphatic carbocycles. The lowest BCUT2D eigenvalue weighted by atomic mass is 10.2. The van der Waals surface area contributed by atoms with Gasteiger partial charge in [0.05, 0.1) is 0 Å². The van der Waals surface area contributed by atoms with Crippen LogP contribution in [-0.2, 0) is 6.54 Å². The molecule has 0 fully saturated rings. The first-order valence-electron chi connectivity index (χ1n) is 6.51. The van der Waals surface area contributed by atoms with Crippen molar-refractivity contribution < 1.29 is 9.47 Å². The van der Waals surface area contributed by atoms with E-state index < -0.39 is 0 Å². The number of ether oxygens (including phenoxy) is 2. The van der Waals surface area contributed by atoms with E-state index in [9.17, 15) is 0 Å². The van der Waals surface area contributed by atoms with Crippen molar-refractivity contribution in [2.45, 2.75) is 11.4 Å². The monoisotopic (exact) mass is 289 g/mol. The van der Waals surface area contributed by atoms with Gasteiger partial charge < -0.3 is 15.2 Å². The van der Waals surface area contributed by atoms with Crippen LogP contribution in [0.25, 0.3) is 0 Å². The third-order valence-electron chi connectivity index (χ3n) is 2.86. The van der Waals surface area contributed by atoms with Gasteiger partial charge in [0.2, 0.25) is 0 Å². The first-order chi connectivity index (χ1) is 9.85. The standard InChI is InChI=1S/C16H19NO2S/c1-20-16-9-5-4-8-15(16)19-11-10-18-14-7-3-2-6-13(14)12-17/h2-9H,10-12,17H2,1H3. The first kappa shape index (κ1) is 14.8. The van der Waals surface area contributed by atoms with E-state index in [2.05, 4.69) is 0 Å². The summed E-state index contributed by atoms with van der Waals surface area (Å²) in [4.78, 5) is 1.13. The molecular formula is C16H19NO2S. The fraction of sp³-hybridized carbons (Fsp3) is 0.250. The molecule has 2 rings (SSSR count). The van der Waals surface area contributed by atoms with Crippen molar-refractivity contribution in [1.29, 1.82) is 0 Å². The van der Waals surface area contributed by atoms with E-state index in [1.807, 2.05) is 54.8 Å². The van der Waals surface area contributed by atoms with Gasteiger partial charge in [0.1, 0.15) is 24.7 Å². The van der Waals surface area contributed by atoms with Crippen LogP contribution in [0.4, 0.5) is 0 Å². The quantitative estimate of drug-likeness (QED) is 0.627. The molecule has 0 aromatic heterocycles. The summed E-state index contributed by atoms with van der Waals surface area (Å²) in [7, 11) is 0. The molecule has 0 atom stereocenters. The molecule has 0 spiro atoms. The van der Waals surface area contributed by atoms with Crippen LogP contribution in [0, 0.1) is 0 Å². The maximum atomic E-state index is 5.75. The van der Waals surface area contributed by atoms with Gasteiger partial charge in [0.25, 0.3) is 0 Å². The van der Waals surface area contributed by atoms with Gasteiger partial charge >= 0.3 is 0 Å². The molecule has 0 aliphatic heterocycles. The molecule has 0 saturated carbocycles. The molecule has 0 aliphatic rings. The van der Waals surface area contributed by atoms with Crippen LogP contribution in [-0.4, -0.2) is 19.5 Å². The Hall–Kier alpha value is -1.65. The SMILES string of the molecule is CSc1ccccc1OCCOc1ccccc1CN. The van der Waals surface area contributed by atoms with Gasteiger partial charge in [-0.25, -0.2) is 0 Å². The summed E-state index contributed by atoms with van der Waals surface area (Å²) >= 11 is 1.67. The van der Waals surface area contributed by atoms with Gasteiger partial charge in [-0.2, -0.15) is 0 Å². The smallest absolute Gasteiger partial charge is 0.133 e. The number of hydrogen-bond acceptors (Lipinski definition) is 4. The Morgan fingerprint density at radius 3 is 2.20 bits per heavy atom. The summed E-state index contributed by atoms with van der Waals surface area (Å²) in [6.07, 6.45) is 2.04. The average Bonchev–Trinajstić information content (AvgIpc) is 2.52. The minimum absolute atomic E-state index is 0.479. The molecule has 0 saturated heterocycles. The summed E-state index contributed by atoms with van der Waals surface area (Å²) in [6.45, 7) is 1.49. The number of hydrogen-bond donors (Lipinski definition) is 1. The summed E-state index contributed by atoms with van der Waals surface area (Å²) in [5, 5.41) is 0. The number of nitrogens with two attached hydrogens (primary N) is 1. The lowest BCUT2D eigenvalue weighted by Gasteiger charge is -2.12. The van der Waals surface area contributed by atoms with E-state index in [4.69, 9.17) is 15.2 Å². The Bertz CT molecular complexity index is 496. The Kier molecular flexibility index (Phi) is 5.77. The van der Waals surface area contributed by atoms with Crippen molar-refractivity contribution in [2.75, 3.05) is 19.5 Å². The fourth-order valence-electron chi connectivity index (χ4n) is 1.85. The highest BCUT2D eigenvalue weighted by Gasteiger charge is 2.03. The van der Waals surface area contributed by atoms with Crippen molar-refractivity contribution in [3.05, 3.63) is 54.1 Å². The fourth-order valence-corrected chi connectivity index (χ4v) is 2.40. The first-order valence-corrected chi connectivity index (χ1v) is 7.74. The van der Waals surface area contributed by atoms with E-state index >= 15 is 0 Å². The molecular weight excluding hydrogens is 270 g/mol. The third-order valence-corrected chi connectivity index (χ3v) is 3.64. The summed E-state index contributed by atoms with van der Waals surface area (Å²) < 4.78 is 11.5. The van der Waals surface area contributed by atoms with E-state index in [1.165, 1.54) is 0 Å². The Morgan fingerprint density at radius 1 is 0.900 bits per heavy atom. The summed E-state index contributed by atoms with van der Waals surface area (Å²) in [6, 6.07) is 15.8. The Balaban J connectivity index is 1.84. The van der Waals surface area contributed by atoms with Gasteiger partial charge in [-0.15, -0.1) is 11.8 Å². The zero-order valence-corrected chi connectivity index (χ0v) is 12.4. The number of thioether (sulfide) groups is 1. The molecule has 20 heavy (non-hydrogen) atoms. The maximum absolute atomic E-state index is 5.75. The maximum Gasteiger partial charge on any atom is 0.133 e. The van der Waals surface area contributed by atoms with Crippen LogP contribution in [0.3, 0.4) is 0 Å². The van der Waals surface area contributed by atoms with Crippen molar-refractivity contribution in [1.82, 2.24) is 0 Å². The molecule has 0 bridgehead atoms. The zero-order valence-electron chi connectivity index (χ0n) is 11.5. The highest BCUT2D eigenvalue weighted by Crippen LogP contribution is 2.26. The second-order valence-electron chi connectivity index (χ2n) is 4.16. The topological polar surface area (TPSA) is 44.5 Å². The zero-order chi connectivity index (χ0) is 14.2. The van der Waals surface area contributed by atoms with E-state index in [-0.39, 0.29) is 0 Å². The van der Waals surface area contributed by atoms with Crippen molar-refractivity contribution in [2.24, 2.45) is 5.73 Å². The molecule has 0 radical (unpaired) electrons. The summed E-state index contributed by atoms with van der Waals surface area (Å²) in [5.74, 6) is 1.73. The Labute approximate surface area is 124 Å². The molecule has 2 aromatic rings. The minimum Gasteiger partial charge on any atom is -0.490 e. The second-order valence-corrected chi connectivity index (χ2v) is 5.01. The normalized spacial score (nSPS) is 10.3. The lowest BCUT2D eigenvalue weighted by Crippen LogP contribution is -2.11. The van der Waals surface area contributed by atoms with Crippen LogP contribution in [0.15, 0.2) is 53.4 Å². The predicted molar refractivity (Wildman–Crippen MR) is 83.5 cm³/mol. The van der Waals surface area contributed by atoms with Crippen molar-refractivity contribution in [3.63, 3.8) is 0 Å². The molecule has 2 aromatic carbocycles. The Morgan fingerprint density at radius 2 is 1.50 bits per heavy atom. The van der Waals surface area contributed by atoms with Gasteiger partial charge in [-0.1, -0.05) is 30.3 Å². The largest absolute Gasteiger partial charge is 0.490 e. The van der Waals surface area contributed by atoms with E-state index in [1.54, 1.807) is 11.8 Å². The number of benzene rings is 2. The molecule has 0 unspecified atom stereocenters. The minimum atomic E-state index is 0.479. The molecule has 0 amide bonds. The van der Waals surface area contributed by atoms with Crippen molar-refractivity contribution >= 4 is 11.8 Å². The molecule has 2 N–H and O–H groups in total. The molecule has 106 valence electrons. The van der Waals surface area contributed by atoms with Crippen LogP contribution >= 0.6 is 11.8 Å². The van der Waals surface area contributed by atoms with Crippen LogP contribution in [0.1, 0.15) is 5.56 Å². The molecule has 4 heteroatoms. The molecule has 0 heterocycles. The predicted octanol–water partition coefficient (Wildman–Crippen LogP) is 3.33. The lowest BCUT2D eigenvalue weighted by molar-refractivity contribution is 0.213. The van der Waals surface area contributed by atoms with Crippen LogP contribution < -0.4 is 15.2 Å². The van der Waals surface area contributed by atoms with Crippen LogP contribution in [0.5, 0.6) is 11.5 Å². The highest BCUT2D eigenvalue weighted by atomic mass is 32.2. The average molecular weight is 289 g/mol. The number of rotatable bonds is 7. The van der Waals surface area contributed by atoms with Crippen LogP contribution in [0.2, 0.25) is 0 Å². The second kappa shape index (κ2) is 7.82. The van der Waals surface area contributed by atoms with E-state index in [0.717, 1.165) is 22.0 Å². The third kappa shape index (κ3) is 3.92. The van der Waals surface area contributed by atoms with Gasteiger partial charge in [0, 0.05) is 17.0 Å². The van der Waals surface area contributed by atoms with Crippen molar-refractivity contribution in [3.8, 4) is 11.5 Å². The van der Waals surface area contributed by atoms with E-state index in [0.29, 0.717) is 19.8 Å². The highest BCUT2D eigenvalue weighted by molar-refractivity contribution is 7.98. The van der Waals surface area contributed by atoms with Gasteiger partial charge in [-0.3, -0.25) is 0 Å². The van der Waals surface area contributed by atoms with Gasteiger partial charge in [-0.05, 0) is 24.5 Å².